The molecular formula is C20H17NO2S. The highest BCUT2D eigenvalue weighted by molar-refractivity contribution is 8.18. The lowest BCUT2D eigenvalue weighted by Crippen LogP contribution is -2.27. The van der Waals surface area contributed by atoms with Gasteiger partial charge in [0.1, 0.15) is 0 Å². The lowest BCUT2D eigenvalue weighted by molar-refractivity contribution is -0.123. The lowest BCUT2D eigenvalue weighted by Gasteiger charge is -2.12. The zero-order chi connectivity index (χ0) is 16.9. The van der Waals surface area contributed by atoms with Gasteiger partial charge in [-0.25, -0.2) is 0 Å². The summed E-state index contributed by atoms with van der Waals surface area (Å²) in [6.07, 6.45) is 5.42. The smallest absolute Gasteiger partial charge is 0.268 e. The van der Waals surface area contributed by atoms with E-state index in [4.69, 9.17) is 0 Å². The van der Waals surface area contributed by atoms with Crippen LogP contribution in [0.3, 0.4) is 0 Å². The first kappa shape index (κ1) is 16.3. The fourth-order valence-corrected chi connectivity index (χ4v) is 3.24. The van der Waals surface area contributed by atoms with Crippen LogP contribution in [0.2, 0.25) is 0 Å². The van der Waals surface area contributed by atoms with E-state index in [1.807, 2.05) is 67.6 Å². The summed E-state index contributed by atoms with van der Waals surface area (Å²) in [7, 11) is 0. The van der Waals surface area contributed by atoms with Crippen molar-refractivity contribution < 1.29 is 9.59 Å². The molecule has 0 radical (unpaired) electrons. The van der Waals surface area contributed by atoms with Crippen LogP contribution in [0.1, 0.15) is 16.7 Å². The maximum atomic E-state index is 12.4. The predicted octanol–water partition coefficient (Wildman–Crippen LogP) is 4.79. The van der Waals surface area contributed by atoms with Gasteiger partial charge in [0.25, 0.3) is 11.1 Å². The molecule has 1 aliphatic heterocycles. The quantitative estimate of drug-likeness (QED) is 0.754. The first-order valence-electron chi connectivity index (χ1n) is 7.66. The Balaban J connectivity index is 1.72. The normalized spacial score (nSPS) is 16.5. The van der Waals surface area contributed by atoms with Crippen LogP contribution in [-0.2, 0) is 11.3 Å². The van der Waals surface area contributed by atoms with E-state index in [0.29, 0.717) is 11.4 Å². The Morgan fingerprint density at radius 3 is 2.58 bits per heavy atom. The van der Waals surface area contributed by atoms with Crippen molar-refractivity contribution in [2.24, 2.45) is 0 Å². The third kappa shape index (κ3) is 3.84. The second-order valence-electron chi connectivity index (χ2n) is 5.55. The van der Waals surface area contributed by atoms with Crippen molar-refractivity contribution in [2.45, 2.75) is 13.5 Å². The van der Waals surface area contributed by atoms with Gasteiger partial charge in [-0.05, 0) is 35.9 Å². The molecule has 0 aromatic heterocycles. The molecule has 0 saturated carbocycles. The van der Waals surface area contributed by atoms with Gasteiger partial charge in [0.15, 0.2) is 0 Å². The van der Waals surface area contributed by atoms with Gasteiger partial charge in [-0.3, -0.25) is 14.5 Å². The minimum absolute atomic E-state index is 0.221. The number of thioether (sulfide) groups is 1. The van der Waals surface area contributed by atoms with Crippen molar-refractivity contribution in [3.63, 3.8) is 0 Å². The molecule has 1 fully saturated rings. The van der Waals surface area contributed by atoms with Crippen molar-refractivity contribution in [2.75, 3.05) is 0 Å². The predicted molar refractivity (Wildman–Crippen MR) is 98.3 cm³/mol. The zero-order valence-electron chi connectivity index (χ0n) is 13.3. The number of carbonyl (C=O) groups is 2. The first-order chi connectivity index (χ1) is 11.6. The molecule has 0 bridgehead atoms. The van der Waals surface area contributed by atoms with Crippen LogP contribution in [0.4, 0.5) is 4.79 Å². The van der Waals surface area contributed by atoms with E-state index in [-0.39, 0.29) is 11.1 Å². The number of nitrogens with zero attached hydrogens (tertiary/aromatic N) is 1. The Bertz CT molecular complexity index is 825. The Morgan fingerprint density at radius 1 is 1.04 bits per heavy atom. The largest absolute Gasteiger partial charge is 0.293 e. The fraction of sp³-hybridized carbons (Fsp3) is 0.100. The molecule has 0 aliphatic carbocycles. The van der Waals surface area contributed by atoms with Crippen LogP contribution in [-0.4, -0.2) is 16.0 Å². The average Bonchev–Trinajstić information content (AvgIpc) is 2.84. The number of rotatable bonds is 4. The first-order valence-corrected chi connectivity index (χ1v) is 8.48. The van der Waals surface area contributed by atoms with Gasteiger partial charge in [-0.2, -0.15) is 0 Å². The van der Waals surface area contributed by atoms with E-state index in [1.54, 1.807) is 12.2 Å². The van der Waals surface area contributed by atoms with Gasteiger partial charge in [-0.15, -0.1) is 0 Å². The summed E-state index contributed by atoms with van der Waals surface area (Å²) in [4.78, 5) is 26.3. The highest BCUT2D eigenvalue weighted by Crippen LogP contribution is 2.31. The van der Waals surface area contributed by atoms with E-state index < -0.39 is 0 Å². The number of aryl methyl sites for hydroxylation is 1. The van der Waals surface area contributed by atoms with Gasteiger partial charge in [-0.1, -0.05) is 72.3 Å². The standard InChI is InChI=1S/C20H17NO2S/c1-15-7-5-11-17(13-15)14-21-19(22)18(24-20(21)23)12-6-10-16-8-3-2-4-9-16/h2-13H,14H2,1H3/b10-6+,18-12-. The van der Waals surface area contributed by atoms with Gasteiger partial charge in [0.2, 0.25) is 0 Å². The SMILES string of the molecule is Cc1cccc(CN2C(=O)S/C(=C\C=C\c3ccccc3)C2=O)c1. The molecule has 24 heavy (non-hydrogen) atoms. The summed E-state index contributed by atoms with van der Waals surface area (Å²) in [5.74, 6) is -0.232. The van der Waals surface area contributed by atoms with E-state index >= 15 is 0 Å². The highest BCUT2D eigenvalue weighted by atomic mass is 32.2. The van der Waals surface area contributed by atoms with Crippen molar-refractivity contribution in [3.8, 4) is 0 Å². The monoisotopic (exact) mass is 335 g/mol. The van der Waals surface area contributed by atoms with Crippen molar-refractivity contribution in [1.29, 1.82) is 0 Å². The van der Waals surface area contributed by atoms with Crippen LogP contribution < -0.4 is 0 Å². The molecule has 0 spiro atoms. The maximum absolute atomic E-state index is 12.4. The van der Waals surface area contributed by atoms with Gasteiger partial charge >= 0.3 is 0 Å². The molecule has 3 rings (SSSR count). The van der Waals surface area contributed by atoms with E-state index in [2.05, 4.69) is 0 Å². The minimum atomic E-state index is -0.232. The third-order valence-electron chi connectivity index (χ3n) is 3.63. The molecule has 1 aliphatic rings. The third-order valence-corrected chi connectivity index (χ3v) is 4.56. The van der Waals surface area contributed by atoms with E-state index in [9.17, 15) is 9.59 Å². The number of hydrogen-bond donors (Lipinski definition) is 0. The number of allylic oxidation sites excluding steroid dienone is 2. The van der Waals surface area contributed by atoms with E-state index in [1.165, 1.54) is 4.90 Å². The zero-order valence-corrected chi connectivity index (χ0v) is 14.1. The van der Waals surface area contributed by atoms with Crippen LogP contribution in [0.15, 0.2) is 71.7 Å². The second-order valence-corrected chi connectivity index (χ2v) is 6.54. The summed E-state index contributed by atoms with van der Waals surface area (Å²) in [5.41, 5.74) is 3.12. The number of imide groups is 1. The summed E-state index contributed by atoms with van der Waals surface area (Å²) < 4.78 is 0. The fourth-order valence-electron chi connectivity index (χ4n) is 2.45. The molecule has 2 aromatic rings. The molecule has 3 nitrogen and oxygen atoms in total. The highest BCUT2D eigenvalue weighted by Gasteiger charge is 2.34. The molecule has 2 amide bonds. The lowest BCUT2D eigenvalue weighted by atomic mass is 10.1. The molecular weight excluding hydrogens is 318 g/mol. The number of carbonyl (C=O) groups excluding carboxylic acids is 2. The summed E-state index contributed by atoms with van der Waals surface area (Å²) in [6.45, 7) is 2.30. The Hall–Kier alpha value is -2.59. The summed E-state index contributed by atoms with van der Waals surface area (Å²) >= 11 is 0.988. The molecule has 1 heterocycles. The molecule has 0 unspecified atom stereocenters. The Morgan fingerprint density at radius 2 is 1.83 bits per heavy atom. The number of amides is 2. The summed E-state index contributed by atoms with van der Waals surface area (Å²) in [6, 6.07) is 17.7. The van der Waals surface area contributed by atoms with Gasteiger partial charge < -0.3 is 0 Å². The van der Waals surface area contributed by atoms with Gasteiger partial charge in [0.05, 0.1) is 11.4 Å². The molecule has 0 atom stereocenters. The van der Waals surface area contributed by atoms with Crippen molar-refractivity contribution >= 4 is 29.0 Å². The van der Waals surface area contributed by atoms with Crippen molar-refractivity contribution in [3.05, 3.63) is 88.3 Å². The maximum Gasteiger partial charge on any atom is 0.293 e. The molecule has 120 valence electrons. The second kappa shape index (κ2) is 7.32. The average molecular weight is 335 g/mol. The topological polar surface area (TPSA) is 37.4 Å². The molecule has 0 N–H and O–H groups in total. The van der Waals surface area contributed by atoms with Gasteiger partial charge in [0, 0.05) is 0 Å². The number of benzene rings is 2. The Labute approximate surface area is 145 Å². The Kier molecular flexibility index (Phi) is 4.96. The molecule has 4 heteroatoms. The summed E-state index contributed by atoms with van der Waals surface area (Å²) in [5, 5.41) is -0.221. The molecule has 2 aromatic carbocycles. The van der Waals surface area contributed by atoms with Crippen LogP contribution in [0.25, 0.3) is 6.08 Å². The van der Waals surface area contributed by atoms with Crippen molar-refractivity contribution in [1.82, 2.24) is 4.90 Å². The molecule has 1 saturated heterocycles. The van der Waals surface area contributed by atoms with Crippen LogP contribution in [0, 0.1) is 6.92 Å². The number of hydrogen-bond acceptors (Lipinski definition) is 3. The minimum Gasteiger partial charge on any atom is -0.268 e. The van der Waals surface area contributed by atoms with Crippen LogP contribution >= 0.6 is 11.8 Å². The van der Waals surface area contributed by atoms with Crippen LogP contribution in [0.5, 0.6) is 0 Å². The van der Waals surface area contributed by atoms with E-state index in [0.717, 1.165) is 28.5 Å².